The van der Waals surface area contributed by atoms with E-state index >= 15 is 0 Å². The SMILES string of the molecule is CCOC(=O)CCN1CCN(C(C)(C)C)CC1. The fraction of sp³-hybridized carbons (Fsp3) is 0.923. The van der Waals surface area contributed by atoms with Gasteiger partial charge in [0.05, 0.1) is 13.0 Å². The molecule has 0 aliphatic carbocycles. The standard InChI is InChI=1S/C13H26N2O2/c1-5-17-12(16)6-7-14-8-10-15(11-9-14)13(2,3)4/h5-11H2,1-4H3. The summed E-state index contributed by atoms with van der Waals surface area (Å²) in [5.74, 6) is -0.0780. The summed E-state index contributed by atoms with van der Waals surface area (Å²) in [6.07, 6.45) is 0.517. The number of esters is 1. The van der Waals surface area contributed by atoms with Gasteiger partial charge in [0.2, 0.25) is 0 Å². The highest BCUT2D eigenvalue weighted by atomic mass is 16.5. The van der Waals surface area contributed by atoms with E-state index in [2.05, 4.69) is 30.6 Å². The molecule has 4 nitrogen and oxygen atoms in total. The first-order valence-electron chi connectivity index (χ1n) is 6.56. The van der Waals surface area contributed by atoms with Crippen molar-refractivity contribution in [2.45, 2.75) is 39.7 Å². The summed E-state index contributed by atoms with van der Waals surface area (Å²) in [6.45, 7) is 14.2. The topological polar surface area (TPSA) is 32.8 Å². The maximum atomic E-state index is 11.2. The molecule has 0 unspecified atom stereocenters. The minimum absolute atomic E-state index is 0.0780. The van der Waals surface area contributed by atoms with Crippen LogP contribution < -0.4 is 0 Å². The van der Waals surface area contributed by atoms with Gasteiger partial charge in [-0.1, -0.05) is 0 Å². The van der Waals surface area contributed by atoms with Crippen molar-refractivity contribution in [3.05, 3.63) is 0 Å². The summed E-state index contributed by atoms with van der Waals surface area (Å²) < 4.78 is 4.93. The van der Waals surface area contributed by atoms with Gasteiger partial charge in [-0.2, -0.15) is 0 Å². The molecule has 0 N–H and O–H groups in total. The van der Waals surface area contributed by atoms with E-state index < -0.39 is 0 Å². The molecule has 17 heavy (non-hydrogen) atoms. The fourth-order valence-corrected chi connectivity index (χ4v) is 2.12. The summed E-state index contributed by atoms with van der Waals surface area (Å²) in [4.78, 5) is 16.1. The van der Waals surface area contributed by atoms with Crippen molar-refractivity contribution in [2.75, 3.05) is 39.3 Å². The Bertz CT molecular complexity index is 240. The predicted molar refractivity (Wildman–Crippen MR) is 69.0 cm³/mol. The Morgan fingerprint density at radius 1 is 1.18 bits per heavy atom. The molecule has 0 atom stereocenters. The fourth-order valence-electron chi connectivity index (χ4n) is 2.12. The average Bonchev–Trinajstić information content (AvgIpc) is 2.26. The van der Waals surface area contributed by atoms with E-state index in [4.69, 9.17) is 4.74 Å². The highest BCUT2D eigenvalue weighted by molar-refractivity contribution is 5.69. The lowest BCUT2D eigenvalue weighted by Crippen LogP contribution is -2.53. The molecule has 4 heteroatoms. The monoisotopic (exact) mass is 242 g/mol. The Labute approximate surface area is 105 Å². The maximum absolute atomic E-state index is 11.2. The van der Waals surface area contributed by atoms with Crippen molar-refractivity contribution in [3.63, 3.8) is 0 Å². The van der Waals surface area contributed by atoms with E-state index in [0.717, 1.165) is 32.7 Å². The van der Waals surface area contributed by atoms with Gasteiger partial charge in [0.25, 0.3) is 0 Å². The van der Waals surface area contributed by atoms with Crippen molar-refractivity contribution in [3.8, 4) is 0 Å². The lowest BCUT2D eigenvalue weighted by atomic mass is 10.0. The zero-order valence-electron chi connectivity index (χ0n) is 11.7. The molecule has 100 valence electrons. The van der Waals surface area contributed by atoms with Crippen LogP contribution in [-0.2, 0) is 9.53 Å². The predicted octanol–water partition coefficient (Wildman–Crippen LogP) is 1.36. The average molecular weight is 242 g/mol. The Morgan fingerprint density at radius 3 is 2.24 bits per heavy atom. The molecule has 0 aromatic rings. The lowest BCUT2D eigenvalue weighted by Gasteiger charge is -2.42. The van der Waals surface area contributed by atoms with Crippen LogP contribution in [0.15, 0.2) is 0 Å². The van der Waals surface area contributed by atoms with Crippen LogP contribution in [0, 0.1) is 0 Å². The van der Waals surface area contributed by atoms with E-state index in [9.17, 15) is 4.79 Å². The summed E-state index contributed by atoms with van der Waals surface area (Å²) in [7, 11) is 0. The summed E-state index contributed by atoms with van der Waals surface area (Å²) in [6, 6.07) is 0. The first kappa shape index (κ1) is 14.5. The Balaban J connectivity index is 2.21. The number of carbonyl (C=O) groups is 1. The number of hydrogen-bond donors (Lipinski definition) is 0. The van der Waals surface area contributed by atoms with Gasteiger partial charge in [0, 0.05) is 38.3 Å². The van der Waals surface area contributed by atoms with Crippen molar-refractivity contribution in [1.29, 1.82) is 0 Å². The van der Waals surface area contributed by atoms with Gasteiger partial charge >= 0.3 is 5.97 Å². The van der Waals surface area contributed by atoms with Gasteiger partial charge in [-0.3, -0.25) is 9.69 Å². The number of carbonyl (C=O) groups excluding carboxylic acids is 1. The number of hydrogen-bond acceptors (Lipinski definition) is 4. The molecule has 0 saturated carbocycles. The minimum atomic E-state index is -0.0780. The third-order valence-electron chi connectivity index (χ3n) is 3.26. The van der Waals surface area contributed by atoms with Crippen molar-refractivity contribution in [1.82, 2.24) is 9.80 Å². The molecule has 0 aromatic carbocycles. The van der Waals surface area contributed by atoms with E-state index in [1.165, 1.54) is 0 Å². The van der Waals surface area contributed by atoms with Crippen LogP contribution in [0.25, 0.3) is 0 Å². The second-order valence-electron chi connectivity index (χ2n) is 5.55. The molecule has 0 radical (unpaired) electrons. The van der Waals surface area contributed by atoms with Gasteiger partial charge in [-0.15, -0.1) is 0 Å². The first-order valence-corrected chi connectivity index (χ1v) is 6.56. The van der Waals surface area contributed by atoms with Crippen LogP contribution in [0.5, 0.6) is 0 Å². The Hall–Kier alpha value is -0.610. The largest absolute Gasteiger partial charge is 0.466 e. The second-order valence-corrected chi connectivity index (χ2v) is 5.55. The highest BCUT2D eigenvalue weighted by Gasteiger charge is 2.25. The summed E-state index contributed by atoms with van der Waals surface area (Å²) in [5, 5.41) is 0. The van der Waals surface area contributed by atoms with Crippen LogP contribution in [0.3, 0.4) is 0 Å². The zero-order valence-corrected chi connectivity index (χ0v) is 11.7. The van der Waals surface area contributed by atoms with Gasteiger partial charge in [0.1, 0.15) is 0 Å². The van der Waals surface area contributed by atoms with E-state index in [1.54, 1.807) is 0 Å². The smallest absolute Gasteiger partial charge is 0.307 e. The molecule has 1 rings (SSSR count). The van der Waals surface area contributed by atoms with Crippen LogP contribution in [0.1, 0.15) is 34.1 Å². The van der Waals surface area contributed by atoms with Gasteiger partial charge in [0.15, 0.2) is 0 Å². The quantitative estimate of drug-likeness (QED) is 0.697. The Kier molecular flexibility index (Phi) is 5.40. The normalized spacial score (nSPS) is 19.3. The van der Waals surface area contributed by atoms with Gasteiger partial charge in [-0.05, 0) is 27.7 Å². The lowest BCUT2D eigenvalue weighted by molar-refractivity contribution is -0.143. The molecule has 1 aliphatic heterocycles. The molecule has 0 spiro atoms. The number of nitrogens with zero attached hydrogens (tertiary/aromatic N) is 2. The van der Waals surface area contributed by atoms with Crippen LogP contribution >= 0.6 is 0 Å². The van der Waals surface area contributed by atoms with E-state index in [0.29, 0.717) is 13.0 Å². The molecule has 1 fully saturated rings. The molecule has 1 heterocycles. The zero-order chi connectivity index (χ0) is 12.9. The number of piperazine rings is 1. The molecule has 1 aliphatic rings. The van der Waals surface area contributed by atoms with Crippen molar-refractivity contribution in [2.24, 2.45) is 0 Å². The van der Waals surface area contributed by atoms with Gasteiger partial charge < -0.3 is 9.64 Å². The van der Waals surface area contributed by atoms with Gasteiger partial charge in [-0.25, -0.2) is 0 Å². The maximum Gasteiger partial charge on any atom is 0.307 e. The molecule has 0 aromatic heterocycles. The molecule has 1 saturated heterocycles. The van der Waals surface area contributed by atoms with E-state index in [1.807, 2.05) is 6.92 Å². The van der Waals surface area contributed by atoms with Crippen molar-refractivity contribution < 1.29 is 9.53 Å². The number of rotatable bonds is 4. The van der Waals surface area contributed by atoms with Crippen LogP contribution in [0.4, 0.5) is 0 Å². The summed E-state index contributed by atoms with van der Waals surface area (Å²) in [5.41, 5.74) is 0.257. The minimum Gasteiger partial charge on any atom is -0.466 e. The summed E-state index contributed by atoms with van der Waals surface area (Å²) >= 11 is 0. The van der Waals surface area contributed by atoms with E-state index in [-0.39, 0.29) is 11.5 Å². The molecular weight excluding hydrogens is 216 g/mol. The highest BCUT2D eigenvalue weighted by Crippen LogP contribution is 2.15. The molecular formula is C13H26N2O2. The first-order chi connectivity index (χ1) is 7.93. The Morgan fingerprint density at radius 2 is 1.76 bits per heavy atom. The second kappa shape index (κ2) is 6.36. The number of ether oxygens (including phenoxy) is 1. The molecule has 0 amide bonds. The van der Waals surface area contributed by atoms with Crippen LogP contribution in [-0.4, -0.2) is 60.6 Å². The van der Waals surface area contributed by atoms with Crippen molar-refractivity contribution >= 4 is 5.97 Å². The molecule has 0 bridgehead atoms. The third-order valence-corrected chi connectivity index (χ3v) is 3.26. The third kappa shape index (κ3) is 5.04. The van der Waals surface area contributed by atoms with Crippen LogP contribution in [0.2, 0.25) is 0 Å².